The quantitative estimate of drug-likeness (QED) is 0.895. The highest BCUT2D eigenvalue weighted by Gasteiger charge is 2.09. The van der Waals surface area contributed by atoms with E-state index in [1.807, 2.05) is 55.5 Å². The average molecular weight is 283 g/mol. The number of hydrogen-bond acceptors (Lipinski definition) is 2. The lowest BCUT2D eigenvalue weighted by atomic mass is 10.0. The molecule has 2 aromatic carbocycles. The Hall–Kier alpha value is -2.29. The fourth-order valence-electron chi connectivity index (χ4n) is 2.15. The van der Waals surface area contributed by atoms with Gasteiger partial charge in [-0.2, -0.15) is 0 Å². The number of hydrogen-bond donors (Lipinski definition) is 1. The molecule has 0 aliphatic carbocycles. The van der Waals surface area contributed by atoms with Gasteiger partial charge in [-0.25, -0.2) is 0 Å². The Morgan fingerprint density at radius 3 is 2.62 bits per heavy atom. The second-order valence-corrected chi connectivity index (χ2v) is 5.40. The van der Waals surface area contributed by atoms with Crippen LogP contribution in [0.15, 0.2) is 48.5 Å². The third-order valence-electron chi connectivity index (χ3n) is 3.20. The Kier molecular flexibility index (Phi) is 4.99. The lowest BCUT2D eigenvalue weighted by Gasteiger charge is -2.13. The van der Waals surface area contributed by atoms with Gasteiger partial charge in [0, 0.05) is 5.69 Å². The van der Waals surface area contributed by atoms with Crippen LogP contribution in [0, 0.1) is 6.92 Å². The lowest BCUT2D eigenvalue weighted by Crippen LogP contribution is -2.20. The first-order chi connectivity index (χ1) is 10.1. The summed E-state index contributed by atoms with van der Waals surface area (Å²) >= 11 is 0. The van der Waals surface area contributed by atoms with Crippen molar-refractivity contribution in [1.82, 2.24) is 0 Å². The van der Waals surface area contributed by atoms with Crippen molar-refractivity contribution in [2.45, 2.75) is 26.7 Å². The van der Waals surface area contributed by atoms with Gasteiger partial charge in [-0.15, -0.1) is 0 Å². The second-order valence-electron chi connectivity index (χ2n) is 5.40. The number of para-hydroxylation sites is 1. The largest absolute Gasteiger partial charge is 0.483 e. The molecule has 0 aliphatic heterocycles. The summed E-state index contributed by atoms with van der Waals surface area (Å²) in [6.07, 6.45) is 0. The highest BCUT2D eigenvalue weighted by molar-refractivity contribution is 5.91. The zero-order chi connectivity index (χ0) is 15.2. The molecule has 0 spiro atoms. The van der Waals surface area contributed by atoms with Crippen molar-refractivity contribution in [3.8, 4) is 5.75 Å². The summed E-state index contributed by atoms with van der Waals surface area (Å²) in [7, 11) is 0. The van der Waals surface area contributed by atoms with E-state index in [1.165, 1.54) is 0 Å². The summed E-state index contributed by atoms with van der Waals surface area (Å²) in [5.74, 6) is 0.979. The van der Waals surface area contributed by atoms with Crippen LogP contribution in [0.4, 0.5) is 5.69 Å². The number of aryl methyl sites for hydroxylation is 1. The molecule has 3 heteroatoms. The minimum absolute atomic E-state index is 0.0116. The van der Waals surface area contributed by atoms with E-state index in [9.17, 15) is 4.79 Å². The number of carbonyl (C=O) groups is 1. The Bertz CT molecular complexity index is 620. The molecule has 21 heavy (non-hydrogen) atoms. The molecule has 0 radical (unpaired) electrons. The summed E-state index contributed by atoms with van der Waals surface area (Å²) in [5, 5.41) is 2.84. The van der Waals surface area contributed by atoms with E-state index < -0.39 is 0 Å². The van der Waals surface area contributed by atoms with Gasteiger partial charge in [0.2, 0.25) is 0 Å². The van der Waals surface area contributed by atoms with Crippen molar-refractivity contribution < 1.29 is 9.53 Å². The van der Waals surface area contributed by atoms with Crippen molar-refractivity contribution >= 4 is 11.6 Å². The fraction of sp³-hybridized carbons (Fsp3) is 0.278. The average Bonchev–Trinajstić information content (AvgIpc) is 2.45. The van der Waals surface area contributed by atoms with Crippen molar-refractivity contribution in [2.24, 2.45) is 0 Å². The van der Waals surface area contributed by atoms with Gasteiger partial charge >= 0.3 is 0 Å². The normalized spacial score (nSPS) is 10.5. The minimum atomic E-state index is -0.154. The van der Waals surface area contributed by atoms with Gasteiger partial charge in [-0.05, 0) is 42.2 Å². The number of ether oxygens (including phenoxy) is 1. The molecular weight excluding hydrogens is 262 g/mol. The lowest BCUT2D eigenvalue weighted by molar-refractivity contribution is -0.118. The van der Waals surface area contributed by atoms with E-state index in [1.54, 1.807) is 0 Å². The molecule has 0 saturated carbocycles. The van der Waals surface area contributed by atoms with Crippen LogP contribution in [0.5, 0.6) is 5.75 Å². The maximum Gasteiger partial charge on any atom is 0.262 e. The van der Waals surface area contributed by atoms with Crippen molar-refractivity contribution in [2.75, 3.05) is 11.9 Å². The molecule has 110 valence electrons. The number of anilines is 1. The predicted octanol–water partition coefficient (Wildman–Crippen LogP) is 4.14. The molecule has 2 rings (SSSR count). The Balaban J connectivity index is 1.95. The van der Waals surface area contributed by atoms with Gasteiger partial charge in [0.25, 0.3) is 5.91 Å². The van der Waals surface area contributed by atoms with Crippen LogP contribution >= 0.6 is 0 Å². The SMILES string of the molecule is Cc1cccc(NC(=O)COc2ccccc2C(C)C)c1. The number of nitrogens with one attached hydrogen (secondary N) is 1. The fourth-order valence-corrected chi connectivity index (χ4v) is 2.15. The van der Waals surface area contributed by atoms with Gasteiger partial charge in [0.1, 0.15) is 5.75 Å². The number of amides is 1. The van der Waals surface area contributed by atoms with Gasteiger partial charge < -0.3 is 10.1 Å². The van der Waals surface area contributed by atoms with Gasteiger partial charge in [0.15, 0.2) is 6.61 Å². The molecule has 0 aromatic heterocycles. The van der Waals surface area contributed by atoms with Crippen LogP contribution in [0.25, 0.3) is 0 Å². The summed E-state index contributed by atoms with van der Waals surface area (Å²) in [6, 6.07) is 15.5. The molecule has 0 atom stereocenters. The third-order valence-corrected chi connectivity index (χ3v) is 3.20. The number of carbonyl (C=O) groups excluding carboxylic acids is 1. The Morgan fingerprint density at radius 2 is 1.90 bits per heavy atom. The molecule has 1 amide bonds. The van der Waals surface area contributed by atoms with E-state index in [0.29, 0.717) is 5.92 Å². The first-order valence-electron chi connectivity index (χ1n) is 7.14. The van der Waals surface area contributed by atoms with Gasteiger partial charge in [0.05, 0.1) is 0 Å². The van der Waals surface area contributed by atoms with Crippen molar-refractivity contribution in [1.29, 1.82) is 0 Å². The molecule has 0 bridgehead atoms. The molecule has 2 aromatic rings. The molecule has 1 N–H and O–H groups in total. The van der Waals surface area contributed by atoms with Crippen LogP contribution in [0.3, 0.4) is 0 Å². The zero-order valence-electron chi connectivity index (χ0n) is 12.7. The first-order valence-corrected chi connectivity index (χ1v) is 7.14. The van der Waals surface area contributed by atoms with E-state index in [2.05, 4.69) is 19.2 Å². The van der Waals surface area contributed by atoms with Crippen LogP contribution in [0.2, 0.25) is 0 Å². The summed E-state index contributed by atoms with van der Waals surface area (Å²) in [4.78, 5) is 11.9. The number of rotatable bonds is 5. The number of benzene rings is 2. The highest BCUT2D eigenvalue weighted by atomic mass is 16.5. The molecule has 0 saturated heterocycles. The second kappa shape index (κ2) is 6.93. The molecule has 0 unspecified atom stereocenters. The van der Waals surface area contributed by atoms with E-state index >= 15 is 0 Å². The van der Waals surface area contributed by atoms with E-state index in [4.69, 9.17) is 4.74 Å². The maximum atomic E-state index is 11.9. The zero-order valence-corrected chi connectivity index (χ0v) is 12.7. The molecule has 0 aliphatic rings. The summed E-state index contributed by atoms with van der Waals surface area (Å²) in [6.45, 7) is 6.22. The standard InChI is InChI=1S/C18H21NO2/c1-13(2)16-9-4-5-10-17(16)21-12-18(20)19-15-8-6-7-14(3)11-15/h4-11,13H,12H2,1-3H3,(H,19,20). The molecular formula is C18H21NO2. The third kappa shape index (κ3) is 4.35. The van der Waals surface area contributed by atoms with E-state index in [-0.39, 0.29) is 12.5 Å². The van der Waals surface area contributed by atoms with Crippen LogP contribution in [-0.2, 0) is 4.79 Å². The van der Waals surface area contributed by atoms with Crippen molar-refractivity contribution in [3.63, 3.8) is 0 Å². The Morgan fingerprint density at radius 1 is 1.14 bits per heavy atom. The summed E-state index contributed by atoms with van der Waals surface area (Å²) in [5.41, 5.74) is 3.01. The van der Waals surface area contributed by atoms with Gasteiger partial charge in [-0.3, -0.25) is 4.79 Å². The minimum Gasteiger partial charge on any atom is -0.483 e. The Labute approximate surface area is 126 Å². The van der Waals surface area contributed by atoms with Crippen LogP contribution in [0.1, 0.15) is 30.9 Å². The molecule has 0 heterocycles. The first kappa shape index (κ1) is 15.1. The molecule has 0 fully saturated rings. The topological polar surface area (TPSA) is 38.3 Å². The predicted molar refractivity (Wildman–Crippen MR) is 85.8 cm³/mol. The monoisotopic (exact) mass is 283 g/mol. The van der Waals surface area contributed by atoms with E-state index in [0.717, 1.165) is 22.6 Å². The van der Waals surface area contributed by atoms with Gasteiger partial charge in [-0.1, -0.05) is 44.2 Å². The van der Waals surface area contributed by atoms with Crippen LogP contribution < -0.4 is 10.1 Å². The highest BCUT2D eigenvalue weighted by Crippen LogP contribution is 2.25. The smallest absolute Gasteiger partial charge is 0.262 e. The van der Waals surface area contributed by atoms with Crippen molar-refractivity contribution in [3.05, 3.63) is 59.7 Å². The molecule has 3 nitrogen and oxygen atoms in total. The summed E-state index contributed by atoms with van der Waals surface area (Å²) < 4.78 is 5.65. The van der Waals surface area contributed by atoms with Crippen LogP contribution in [-0.4, -0.2) is 12.5 Å². The maximum absolute atomic E-state index is 11.9.